The van der Waals surface area contributed by atoms with E-state index >= 15 is 0 Å². The van der Waals surface area contributed by atoms with Gasteiger partial charge < -0.3 is 10.2 Å². The maximum Gasteiger partial charge on any atom is 0.272 e. The number of H-pyrrole nitrogens is 1. The molecule has 0 saturated carbocycles. The first-order valence-electron chi connectivity index (χ1n) is 7.49. The number of carbonyl (C=O) groups excluding carboxylic acids is 1. The van der Waals surface area contributed by atoms with Crippen LogP contribution in [-0.2, 0) is 6.54 Å². The number of aryl methyl sites for hydroxylation is 1. The first-order valence-corrected chi connectivity index (χ1v) is 8.28. The van der Waals surface area contributed by atoms with E-state index in [0.29, 0.717) is 28.3 Å². The van der Waals surface area contributed by atoms with Gasteiger partial charge in [-0.1, -0.05) is 12.1 Å². The zero-order chi connectivity index (χ0) is 16.4. The number of hydrogen-bond acceptors (Lipinski definition) is 3. The highest BCUT2D eigenvalue weighted by molar-refractivity contribution is 9.10. The number of carbonyl (C=O) groups is 1. The van der Waals surface area contributed by atoms with Crippen molar-refractivity contribution in [3.8, 4) is 0 Å². The van der Waals surface area contributed by atoms with E-state index in [9.17, 15) is 9.18 Å². The van der Waals surface area contributed by atoms with Gasteiger partial charge in [0, 0.05) is 43.7 Å². The smallest absolute Gasteiger partial charge is 0.272 e. The van der Waals surface area contributed by atoms with Crippen molar-refractivity contribution in [2.45, 2.75) is 13.5 Å². The zero-order valence-corrected chi connectivity index (χ0v) is 14.4. The first-order chi connectivity index (χ1) is 11.0. The zero-order valence-electron chi connectivity index (χ0n) is 12.8. The molecule has 0 aliphatic carbocycles. The minimum Gasteiger partial charge on any atom is -0.333 e. The molecule has 1 aliphatic heterocycles. The Labute approximate surface area is 142 Å². The number of benzene rings is 1. The largest absolute Gasteiger partial charge is 0.333 e. The van der Waals surface area contributed by atoms with Crippen LogP contribution in [0.5, 0.6) is 0 Å². The van der Waals surface area contributed by atoms with Gasteiger partial charge in [-0.3, -0.25) is 9.89 Å². The van der Waals surface area contributed by atoms with Crippen LogP contribution in [-0.4, -0.2) is 40.6 Å². The molecule has 1 aliphatic rings. The van der Waals surface area contributed by atoms with E-state index < -0.39 is 0 Å². The van der Waals surface area contributed by atoms with Crippen LogP contribution >= 0.6 is 15.9 Å². The molecular formula is C16H18BrFN4O. The predicted molar refractivity (Wildman–Crippen MR) is 88.5 cm³/mol. The van der Waals surface area contributed by atoms with Gasteiger partial charge >= 0.3 is 0 Å². The van der Waals surface area contributed by atoms with Crippen molar-refractivity contribution in [2.75, 3.05) is 19.6 Å². The Morgan fingerprint density at radius 2 is 2.22 bits per heavy atom. The van der Waals surface area contributed by atoms with Gasteiger partial charge in [0.05, 0.1) is 0 Å². The molecule has 1 aromatic carbocycles. The average Bonchev–Trinajstić information content (AvgIpc) is 2.89. The third kappa shape index (κ3) is 3.79. The average molecular weight is 381 g/mol. The molecule has 1 aromatic heterocycles. The highest BCUT2D eigenvalue weighted by Crippen LogP contribution is 2.18. The van der Waals surface area contributed by atoms with Crippen LogP contribution in [0.4, 0.5) is 4.39 Å². The summed E-state index contributed by atoms with van der Waals surface area (Å²) in [5, 5.41) is 9.83. The summed E-state index contributed by atoms with van der Waals surface area (Å²) >= 11 is 3.23. The van der Waals surface area contributed by atoms with Gasteiger partial charge in [-0.15, -0.1) is 0 Å². The summed E-state index contributed by atoms with van der Waals surface area (Å²) in [6, 6.07) is 6.74. The number of rotatable bonds is 5. The van der Waals surface area contributed by atoms with Gasteiger partial charge in [0.15, 0.2) is 0 Å². The van der Waals surface area contributed by atoms with Crippen molar-refractivity contribution in [2.24, 2.45) is 5.92 Å². The molecule has 1 saturated heterocycles. The third-order valence-corrected chi connectivity index (χ3v) is 4.38. The summed E-state index contributed by atoms with van der Waals surface area (Å²) in [6.07, 6.45) is 0. The Kier molecular flexibility index (Phi) is 4.77. The van der Waals surface area contributed by atoms with Crippen LogP contribution in [0.3, 0.4) is 0 Å². The van der Waals surface area contributed by atoms with E-state index in [-0.39, 0.29) is 18.3 Å². The summed E-state index contributed by atoms with van der Waals surface area (Å²) < 4.78 is 14.7. The number of hydrogen-bond donors (Lipinski definition) is 2. The van der Waals surface area contributed by atoms with Crippen LogP contribution in [0.15, 0.2) is 28.9 Å². The summed E-state index contributed by atoms with van der Waals surface area (Å²) in [5.41, 5.74) is 1.79. The lowest BCUT2D eigenvalue weighted by atomic mass is 10.0. The topological polar surface area (TPSA) is 61.0 Å². The Morgan fingerprint density at radius 3 is 2.78 bits per heavy atom. The second-order valence-corrected chi connectivity index (χ2v) is 6.72. The summed E-state index contributed by atoms with van der Waals surface area (Å²) in [4.78, 5) is 14.4. The molecule has 2 heterocycles. The van der Waals surface area contributed by atoms with Crippen molar-refractivity contribution in [3.05, 3.63) is 51.5 Å². The number of aromatic nitrogens is 2. The molecule has 23 heavy (non-hydrogen) atoms. The van der Waals surface area contributed by atoms with Crippen LogP contribution in [0.25, 0.3) is 0 Å². The highest BCUT2D eigenvalue weighted by atomic mass is 79.9. The first kappa shape index (κ1) is 16.1. The fourth-order valence-corrected chi connectivity index (χ4v) is 2.89. The molecule has 3 rings (SSSR count). The van der Waals surface area contributed by atoms with E-state index in [1.807, 2.05) is 13.0 Å². The molecule has 2 N–H and O–H groups in total. The molecule has 2 aromatic rings. The Balaban J connectivity index is 1.81. The maximum atomic E-state index is 14.1. The molecule has 5 nitrogen and oxygen atoms in total. The normalized spacial score (nSPS) is 14.6. The van der Waals surface area contributed by atoms with Gasteiger partial charge in [0.1, 0.15) is 16.1 Å². The maximum absolute atomic E-state index is 14.1. The summed E-state index contributed by atoms with van der Waals surface area (Å²) in [6.45, 7) is 4.45. The minimum absolute atomic E-state index is 0.171. The van der Waals surface area contributed by atoms with Gasteiger partial charge in [-0.05, 0) is 34.5 Å². The van der Waals surface area contributed by atoms with Crippen LogP contribution in [0.2, 0.25) is 0 Å². The molecule has 0 unspecified atom stereocenters. The molecule has 0 bridgehead atoms. The van der Waals surface area contributed by atoms with E-state index in [1.54, 1.807) is 17.0 Å². The number of nitrogens with zero attached hydrogens (tertiary/aromatic N) is 2. The van der Waals surface area contributed by atoms with Gasteiger partial charge in [-0.25, -0.2) is 4.39 Å². The van der Waals surface area contributed by atoms with Crippen molar-refractivity contribution in [1.82, 2.24) is 20.4 Å². The molecule has 1 fully saturated rings. The SMILES string of the molecule is Cc1ccc(CN(CC2CNC2)C(=O)c2cc(Br)n[nH]2)c(F)c1. The van der Waals surface area contributed by atoms with E-state index in [2.05, 4.69) is 31.4 Å². The van der Waals surface area contributed by atoms with E-state index in [1.165, 1.54) is 6.07 Å². The lowest BCUT2D eigenvalue weighted by Crippen LogP contribution is -2.49. The van der Waals surface area contributed by atoms with Crippen LogP contribution < -0.4 is 5.32 Å². The van der Waals surface area contributed by atoms with Crippen LogP contribution in [0, 0.1) is 18.7 Å². The van der Waals surface area contributed by atoms with Gasteiger partial charge in [0.25, 0.3) is 5.91 Å². The van der Waals surface area contributed by atoms with Crippen molar-refractivity contribution in [1.29, 1.82) is 0 Å². The van der Waals surface area contributed by atoms with Crippen molar-refractivity contribution in [3.63, 3.8) is 0 Å². The summed E-state index contributed by atoms with van der Waals surface area (Å²) in [5.74, 6) is -0.0470. The van der Waals surface area contributed by atoms with Crippen molar-refractivity contribution < 1.29 is 9.18 Å². The third-order valence-electron chi connectivity index (χ3n) is 3.98. The standard InChI is InChI=1S/C16H18BrFN4O/c1-10-2-3-12(13(18)4-10)9-22(8-11-6-19-7-11)16(23)14-5-15(17)21-20-14/h2-5,11,19H,6-9H2,1H3,(H,20,21). The predicted octanol–water partition coefficient (Wildman–Crippen LogP) is 2.48. The summed E-state index contributed by atoms with van der Waals surface area (Å²) in [7, 11) is 0. The fraction of sp³-hybridized carbons (Fsp3) is 0.375. The Hall–Kier alpha value is -1.73. The van der Waals surface area contributed by atoms with E-state index in [0.717, 1.165) is 18.7 Å². The quantitative estimate of drug-likeness (QED) is 0.837. The fourth-order valence-electron chi connectivity index (χ4n) is 2.57. The molecule has 7 heteroatoms. The number of amides is 1. The van der Waals surface area contributed by atoms with Crippen molar-refractivity contribution >= 4 is 21.8 Å². The molecule has 0 radical (unpaired) electrons. The lowest BCUT2D eigenvalue weighted by molar-refractivity contribution is 0.0685. The second kappa shape index (κ2) is 6.80. The van der Waals surface area contributed by atoms with Crippen LogP contribution in [0.1, 0.15) is 21.6 Å². The minimum atomic E-state index is -0.277. The van der Waals surface area contributed by atoms with Gasteiger partial charge in [0.2, 0.25) is 0 Å². The van der Waals surface area contributed by atoms with Gasteiger partial charge in [-0.2, -0.15) is 5.10 Å². The second-order valence-electron chi connectivity index (χ2n) is 5.91. The molecule has 122 valence electrons. The lowest BCUT2D eigenvalue weighted by Gasteiger charge is -2.33. The molecule has 1 amide bonds. The molecular weight excluding hydrogens is 363 g/mol. The number of aromatic amines is 1. The Morgan fingerprint density at radius 1 is 1.43 bits per heavy atom. The monoisotopic (exact) mass is 380 g/mol. The molecule has 0 atom stereocenters. The highest BCUT2D eigenvalue weighted by Gasteiger charge is 2.26. The van der Waals surface area contributed by atoms with E-state index in [4.69, 9.17) is 0 Å². The molecule has 0 spiro atoms. The Bertz CT molecular complexity index is 714. The number of halogens is 2. The number of nitrogens with one attached hydrogen (secondary N) is 2.